The van der Waals surface area contributed by atoms with Gasteiger partial charge in [0, 0.05) is 36.3 Å². The molecule has 2 heterocycles. The molecule has 1 amide bonds. The van der Waals surface area contributed by atoms with E-state index in [-0.39, 0.29) is 23.8 Å². The third-order valence-electron chi connectivity index (χ3n) is 3.20. The summed E-state index contributed by atoms with van der Waals surface area (Å²) in [6.45, 7) is 7.72. The summed E-state index contributed by atoms with van der Waals surface area (Å²) < 4.78 is 0. The number of aromatic nitrogens is 1. The number of aliphatic hydroxyl groups excluding tert-OH is 1. The monoisotopic (exact) mass is 268 g/mol. The highest BCUT2D eigenvalue weighted by molar-refractivity contribution is 7.09. The van der Waals surface area contributed by atoms with E-state index in [0.29, 0.717) is 19.5 Å². The Hall–Kier alpha value is -0.940. The zero-order chi connectivity index (χ0) is 13.3. The minimum atomic E-state index is 0.0530. The van der Waals surface area contributed by atoms with Crippen molar-refractivity contribution in [2.24, 2.45) is 5.92 Å². The first-order valence-corrected chi connectivity index (χ1v) is 7.11. The summed E-state index contributed by atoms with van der Waals surface area (Å²) in [5, 5.41) is 12.1. The number of rotatable bonds is 3. The molecule has 100 valence electrons. The van der Waals surface area contributed by atoms with Crippen LogP contribution in [0.25, 0.3) is 0 Å². The van der Waals surface area contributed by atoms with Crippen molar-refractivity contribution in [3.63, 3.8) is 0 Å². The van der Waals surface area contributed by atoms with E-state index >= 15 is 0 Å². The van der Waals surface area contributed by atoms with Crippen LogP contribution >= 0.6 is 11.3 Å². The maximum atomic E-state index is 11.7. The summed E-state index contributed by atoms with van der Waals surface area (Å²) in [6.07, 6.45) is 0.466. The van der Waals surface area contributed by atoms with E-state index in [1.165, 1.54) is 0 Å². The first-order valence-electron chi connectivity index (χ1n) is 6.23. The van der Waals surface area contributed by atoms with Crippen molar-refractivity contribution in [1.82, 2.24) is 9.88 Å². The number of carbonyl (C=O) groups is 1. The number of hydrogen-bond acceptors (Lipinski definition) is 4. The fourth-order valence-electron chi connectivity index (χ4n) is 2.02. The van der Waals surface area contributed by atoms with Gasteiger partial charge in [-0.25, -0.2) is 4.98 Å². The highest BCUT2D eigenvalue weighted by Gasteiger charge is 2.29. The van der Waals surface area contributed by atoms with E-state index in [0.717, 1.165) is 10.7 Å². The molecule has 18 heavy (non-hydrogen) atoms. The molecule has 1 aromatic heterocycles. The van der Waals surface area contributed by atoms with E-state index in [1.54, 1.807) is 16.2 Å². The summed E-state index contributed by atoms with van der Waals surface area (Å²) in [5.41, 5.74) is 1.13. The molecule has 0 bridgehead atoms. The third kappa shape index (κ3) is 2.90. The minimum Gasteiger partial charge on any atom is -0.396 e. The lowest BCUT2D eigenvalue weighted by molar-refractivity contribution is -0.128. The van der Waals surface area contributed by atoms with Gasteiger partial charge >= 0.3 is 0 Å². The van der Waals surface area contributed by atoms with Gasteiger partial charge in [-0.15, -0.1) is 11.3 Å². The molecule has 0 radical (unpaired) electrons. The lowest BCUT2D eigenvalue weighted by Crippen LogP contribution is -2.25. The van der Waals surface area contributed by atoms with Crippen LogP contribution in [0.5, 0.6) is 0 Å². The summed E-state index contributed by atoms with van der Waals surface area (Å²) in [5.74, 6) is 0.223. The SMILES string of the molecule is CC(C)(C)c1csc(CN2CC(CO)CC2=O)n1. The fourth-order valence-corrected chi connectivity index (χ4v) is 3.06. The molecule has 4 nitrogen and oxygen atoms in total. The number of likely N-dealkylation sites (tertiary alicyclic amines) is 1. The smallest absolute Gasteiger partial charge is 0.223 e. The van der Waals surface area contributed by atoms with Crippen LogP contribution < -0.4 is 0 Å². The van der Waals surface area contributed by atoms with Gasteiger partial charge in [-0.1, -0.05) is 20.8 Å². The summed E-state index contributed by atoms with van der Waals surface area (Å²) in [6, 6.07) is 0. The van der Waals surface area contributed by atoms with Gasteiger partial charge in [0.1, 0.15) is 5.01 Å². The van der Waals surface area contributed by atoms with Crippen molar-refractivity contribution in [2.45, 2.75) is 39.2 Å². The van der Waals surface area contributed by atoms with Gasteiger partial charge in [0.25, 0.3) is 0 Å². The van der Waals surface area contributed by atoms with E-state index in [9.17, 15) is 4.79 Å². The standard InChI is InChI=1S/C13H20N2O2S/c1-13(2,3)10-8-18-11(14-10)6-15-5-9(7-16)4-12(15)17/h8-9,16H,4-7H2,1-3H3. The van der Waals surface area contributed by atoms with Gasteiger partial charge in [0.15, 0.2) is 0 Å². The largest absolute Gasteiger partial charge is 0.396 e. The van der Waals surface area contributed by atoms with E-state index < -0.39 is 0 Å². The Morgan fingerprint density at radius 2 is 2.28 bits per heavy atom. The first kappa shape index (κ1) is 13.5. The van der Waals surface area contributed by atoms with Gasteiger partial charge in [0.2, 0.25) is 5.91 Å². The number of aliphatic hydroxyl groups is 1. The van der Waals surface area contributed by atoms with Gasteiger partial charge in [-0.3, -0.25) is 4.79 Å². The second-order valence-electron chi connectivity index (χ2n) is 5.90. The zero-order valence-corrected chi connectivity index (χ0v) is 12.0. The number of thiazole rings is 1. The molecule has 1 fully saturated rings. The Balaban J connectivity index is 2.02. The van der Waals surface area contributed by atoms with Crippen LogP contribution in [0.1, 0.15) is 37.9 Å². The predicted octanol–water partition coefficient (Wildman–Crippen LogP) is 1.78. The summed E-state index contributed by atoms with van der Waals surface area (Å²) >= 11 is 1.61. The topological polar surface area (TPSA) is 53.4 Å². The molecule has 2 rings (SSSR count). The second kappa shape index (κ2) is 4.97. The average molecular weight is 268 g/mol. The molecule has 1 aliphatic rings. The summed E-state index contributed by atoms with van der Waals surface area (Å²) in [7, 11) is 0. The molecule has 0 aromatic carbocycles. The van der Waals surface area contributed by atoms with Crippen LogP contribution in [0.15, 0.2) is 5.38 Å². The average Bonchev–Trinajstić information content (AvgIpc) is 2.86. The van der Waals surface area contributed by atoms with Crippen molar-refractivity contribution in [3.8, 4) is 0 Å². The number of amides is 1. The Morgan fingerprint density at radius 1 is 1.56 bits per heavy atom. The molecule has 1 saturated heterocycles. The second-order valence-corrected chi connectivity index (χ2v) is 6.85. The fraction of sp³-hybridized carbons (Fsp3) is 0.692. The van der Waals surface area contributed by atoms with Crippen molar-refractivity contribution >= 4 is 17.2 Å². The van der Waals surface area contributed by atoms with Gasteiger partial charge in [0.05, 0.1) is 12.2 Å². The molecular weight excluding hydrogens is 248 g/mol. The maximum absolute atomic E-state index is 11.7. The number of hydrogen-bond donors (Lipinski definition) is 1. The van der Waals surface area contributed by atoms with Crippen LogP contribution in [0.2, 0.25) is 0 Å². The molecule has 0 saturated carbocycles. The normalized spacial score (nSPS) is 20.8. The third-order valence-corrected chi connectivity index (χ3v) is 4.03. The van der Waals surface area contributed by atoms with E-state index in [4.69, 9.17) is 5.11 Å². The van der Waals surface area contributed by atoms with Crippen LogP contribution in [0.3, 0.4) is 0 Å². The molecule has 1 aliphatic heterocycles. The molecule has 5 heteroatoms. The van der Waals surface area contributed by atoms with Crippen molar-refractivity contribution < 1.29 is 9.90 Å². The molecule has 0 aliphatic carbocycles. The van der Waals surface area contributed by atoms with E-state index in [1.807, 2.05) is 0 Å². The highest BCUT2D eigenvalue weighted by Crippen LogP contribution is 2.26. The zero-order valence-electron chi connectivity index (χ0n) is 11.1. The van der Waals surface area contributed by atoms with Crippen LogP contribution in [0, 0.1) is 5.92 Å². The molecule has 1 unspecified atom stereocenters. The molecule has 1 aromatic rings. The number of nitrogens with zero attached hydrogens (tertiary/aromatic N) is 2. The lowest BCUT2D eigenvalue weighted by atomic mass is 9.93. The predicted molar refractivity (Wildman–Crippen MR) is 71.4 cm³/mol. The molecule has 1 N–H and O–H groups in total. The Kier molecular flexibility index (Phi) is 3.73. The number of carbonyl (C=O) groups excluding carboxylic acids is 1. The minimum absolute atomic E-state index is 0.0530. The van der Waals surface area contributed by atoms with Crippen LogP contribution in [0.4, 0.5) is 0 Å². The van der Waals surface area contributed by atoms with Crippen LogP contribution in [-0.4, -0.2) is 34.0 Å². The van der Waals surface area contributed by atoms with Gasteiger partial charge in [-0.2, -0.15) is 0 Å². The van der Waals surface area contributed by atoms with E-state index in [2.05, 4.69) is 31.1 Å². The van der Waals surface area contributed by atoms with Crippen molar-refractivity contribution in [3.05, 3.63) is 16.1 Å². The Morgan fingerprint density at radius 3 is 2.78 bits per heavy atom. The van der Waals surface area contributed by atoms with Gasteiger partial charge in [-0.05, 0) is 0 Å². The molecule has 1 atom stereocenters. The highest BCUT2D eigenvalue weighted by atomic mass is 32.1. The molecular formula is C13H20N2O2S. The quantitative estimate of drug-likeness (QED) is 0.909. The first-order chi connectivity index (χ1) is 8.40. The lowest BCUT2D eigenvalue weighted by Gasteiger charge is -2.16. The van der Waals surface area contributed by atoms with Crippen molar-refractivity contribution in [1.29, 1.82) is 0 Å². The van der Waals surface area contributed by atoms with Crippen molar-refractivity contribution in [2.75, 3.05) is 13.2 Å². The Labute approximate surface area is 112 Å². The summed E-state index contributed by atoms with van der Waals surface area (Å²) in [4.78, 5) is 18.1. The van der Waals surface area contributed by atoms with Crippen LogP contribution in [-0.2, 0) is 16.8 Å². The van der Waals surface area contributed by atoms with Gasteiger partial charge < -0.3 is 10.0 Å². The maximum Gasteiger partial charge on any atom is 0.223 e. The molecule has 0 spiro atoms. The Bertz CT molecular complexity index is 436.